The molecular formula is C28H56N3O6P. The fraction of sp³-hybridized carbons (Fsp3) is 1.00. The SMILES string of the molecule is CC1(C)CC(COP(OC2CC(C)(C)N(O)C(C)(C)C2)OC2CC(C)(C)N(O)C(C)(C)C2)CC(C)(C)N1O. The van der Waals surface area contributed by atoms with E-state index in [1.165, 1.54) is 15.2 Å². The van der Waals surface area contributed by atoms with Crippen molar-refractivity contribution in [3.63, 3.8) is 0 Å². The number of hydroxylamine groups is 6. The molecule has 0 aromatic carbocycles. The van der Waals surface area contributed by atoms with Crippen LogP contribution in [-0.4, -0.2) is 82.9 Å². The van der Waals surface area contributed by atoms with Crippen molar-refractivity contribution in [1.29, 1.82) is 0 Å². The molecule has 3 fully saturated rings. The monoisotopic (exact) mass is 561 g/mol. The summed E-state index contributed by atoms with van der Waals surface area (Å²) >= 11 is 0. The van der Waals surface area contributed by atoms with Crippen molar-refractivity contribution in [3.05, 3.63) is 0 Å². The normalized spacial score (nSPS) is 30.6. The summed E-state index contributed by atoms with van der Waals surface area (Å²) < 4.78 is 19.8. The standard InChI is InChI=1S/C28H56N3O6P/c1-23(2)13-20(14-24(3,4)29(23)32)19-35-38(36-21-15-25(5,6)30(33)26(7,8)16-21)37-22-17-27(9,10)31(34)28(11,12)18-22/h20-22,32-34H,13-19H2,1-12H3. The van der Waals surface area contributed by atoms with Crippen molar-refractivity contribution >= 4 is 8.60 Å². The predicted molar refractivity (Wildman–Crippen MR) is 149 cm³/mol. The van der Waals surface area contributed by atoms with Crippen LogP contribution in [-0.2, 0) is 13.6 Å². The third-order valence-corrected chi connectivity index (χ3v) is 10.1. The van der Waals surface area contributed by atoms with Crippen LogP contribution in [0.4, 0.5) is 0 Å². The van der Waals surface area contributed by atoms with E-state index in [9.17, 15) is 15.6 Å². The first-order valence-electron chi connectivity index (χ1n) is 14.2. The van der Waals surface area contributed by atoms with Crippen LogP contribution in [0.15, 0.2) is 0 Å². The highest BCUT2D eigenvalue weighted by Crippen LogP contribution is 2.52. The molecule has 0 aromatic rings. The first kappa shape index (κ1) is 32.6. The first-order chi connectivity index (χ1) is 17.0. The van der Waals surface area contributed by atoms with E-state index in [1.54, 1.807) is 0 Å². The zero-order chi connectivity index (χ0) is 29.1. The molecule has 0 saturated carbocycles. The van der Waals surface area contributed by atoms with Crippen molar-refractivity contribution in [2.24, 2.45) is 5.92 Å². The zero-order valence-electron chi connectivity index (χ0n) is 26.0. The summed E-state index contributed by atoms with van der Waals surface area (Å²) in [5.41, 5.74) is -2.49. The van der Waals surface area contributed by atoms with Gasteiger partial charge in [-0.3, -0.25) is 0 Å². The van der Waals surface area contributed by atoms with Crippen molar-refractivity contribution in [1.82, 2.24) is 15.2 Å². The van der Waals surface area contributed by atoms with E-state index in [-0.39, 0.29) is 29.2 Å². The molecule has 0 aromatic heterocycles. The van der Waals surface area contributed by atoms with Gasteiger partial charge in [0.25, 0.3) is 0 Å². The van der Waals surface area contributed by atoms with Gasteiger partial charge in [0.2, 0.25) is 0 Å². The summed E-state index contributed by atoms with van der Waals surface area (Å²) in [6, 6.07) is 0. The molecule has 0 bridgehead atoms. The number of rotatable bonds is 7. The molecule has 3 saturated heterocycles. The Balaban J connectivity index is 1.78. The lowest BCUT2D eigenvalue weighted by atomic mass is 9.76. The molecule has 0 radical (unpaired) electrons. The Labute approximate surface area is 232 Å². The summed E-state index contributed by atoms with van der Waals surface area (Å²) in [5.74, 6) is 0.250. The fourth-order valence-electron chi connectivity index (χ4n) is 7.60. The number of hydrogen-bond acceptors (Lipinski definition) is 9. The summed E-state index contributed by atoms with van der Waals surface area (Å²) in [6.45, 7) is 25.0. The van der Waals surface area contributed by atoms with E-state index in [0.29, 0.717) is 32.3 Å². The number of hydrogen-bond donors (Lipinski definition) is 3. The van der Waals surface area contributed by atoms with Gasteiger partial charge < -0.3 is 29.2 Å². The van der Waals surface area contributed by atoms with Gasteiger partial charge in [0.15, 0.2) is 0 Å². The van der Waals surface area contributed by atoms with E-state index in [0.717, 1.165) is 12.8 Å². The molecule has 0 aliphatic carbocycles. The minimum atomic E-state index is -1.67. The highest BCUT2D eigenvalue weighted by molar-refractivity contribution is 7.41. The zero-order valence-corrected chi connectivity index (χ0v) is 26.9. The molecule has 3 aliphatic rings. The van der Waals surface area contributed by atoms with Gasteiger partial charge in [-0.2, -0.15) is 15.2 Å². The molecule has 10 heteroatoms. The summed E-state index contributed by atoms with van der Waals surface area (Å²) in [7, 11) is -1.67. The minimum absolute atomic E-state index is 0.124. The maximum absolute atomic E-state index is 10.8. The highest BCUT2D eigenvalue weighted by Gasteiger charge is 2.50. The lowest BCUT2D eigenvalue weighted by molar-refractivity contribution is -0.259. The molecular weight excluding hydrogens is 505 g/mol. The van der Waals surface area contributed by atoms with Gasteiger partial charge in [-0.1, -0.05) is 0 Å². The second-order valence-electron chi connectivity index (χ2n) is 15.9. The Morgan fingerprint density at radius 1 is 0.526 bits per heavy atom. The summed E-state index contributed by atoms with van der Waals surface area (Å²) in [6.07, 6.45) is 4.01. The van der Waals surface area contributed by atoms with Gasteiger partial charge in [-0.05, 0) is 128 Å². The molecule has 0 unspecified atom stereocenters. The largest absolute Gasteiger partial charge is 0.333 e. The summed E-state index contributed by atoms with van der Waals surface area (Å²) in [5, 5.41) is 36.7. The van der Waals surface area contributed by atoms with Crippen LogP contribution in [0.25, 0.3) is 0 Å². The highest BCUT2D eigenvalue weighted by atomic mass is 31.2. The molecule has 224 valence electrons. The molecule has 0 spiro atoms. The maximum atomic E-state index is 10.8. The minimum Gasteiger partial charge on any atom is -0.313 e. The number of nitrogens with zero attached hydrogens (tertiary/aromatic N) is 3. The van der Waals surface area contributed by atoms with Gasteiger partial charge >= 0.3 is 8.60 Å². The van der Waals surface area contributed by atoms with Crippen molar-refractivity contribution in [2.45, 2.75) is 167 Å². The molecule has 38 heavy (non-hydrogen) atoms. The van der Waals surface area contributed by atoms with Crippen LogP contribution < -0.4 is 0 Å². The van der Waals surface area contributed by atoms with Crippen LogP contribution in [0, 0.1) is 5.92 Å². The average molecular weight is 562 g/mol. The predicted octanol–water partition coefficient (Wildman–Crippen LogP) is 6.74. The molecule has 3 rings (SSSR count). The maximum Gasteiger partial charge on any atom is 0.333 e. The van der Waals surface area contributed by atoms with Gasteiger partial charge in [0.05, 0.1) is 18.8 Å². The van der Waals surface area contributed by atoms with Crippen molar-refractivity contribution < 1.29 is 29.2 Å². The molecule has 0 amide bonds. The lowest BCUT2D eigenvalue weighted by Gasteiger charge is -2.53. The quantitative estimate of drug-likeness (QED) is 0.292. The number of piperidine rings is 3. The van der Waals surface area contributed by atoms with Crippen LogP contribution in [0.1, 0.15) is 122 Å². The lowest BCUT2D eigenvalue weighted by Crippen LogP contribution is -2.61. The van der Waals surface area contributed by atoms with Gasteiger partial charge in [0.1, 0.15) is 0 Å². The Bertz CT molecular complexity index is 735. The van der Waals surface area contributed by atoms with E-state index in [1.807, 2.05) is 55.4 Å². The molecule has 3 heterocycles. The Morgan fingerprint density at radius 2 is 0.789 bits per heavy atom. The Morgan fingerprint density at radius 3 is 1.08 bits per heavy atom. The second kappa shape index (κ2) is 10.7. The Kier molecular flexibility index (Phi) is 9.19. The van der Waals surface area contributed by atoms with Crippen LogP contribution in [0.3, 0.4) is 0 Å². The summed E-state index contributed by atoms with van der Waals surface area (Å²) in [4.78, 5) is 0. The van der Waals surface area contributed by atoms with E-state index >= 15 is 0 Å². The fourth-order valence-corrected chi connectivity index (χ4v) is 8.89. The third kappa shape index (κ3) is 7.10. The third-order valence-electron chi connectivity index (χ3n) is 8.81. The van der Waals surface area contributed by atoms with Crippen molar-refractivity contribution in [3.8, 4) is 0 Å². The van der Waals surface area contributed by atoms with Gasteiger partial charge in [-0.15, -0.1) is 0 Å². The van der Waals surface area contributed by atoms with Gasteiger partial charge in [-0.25, -0.2) is 0 Å². The molecule has 9 nitrogen and oxygen atoms in total. The van der Waals surface area contributed by atoms with Crippen LogP contribution >= 0.6 is 8.60 Å². The van der Waals surface area contributed by atoms with E-state index in [2.05, 4.69) is 27.7 Å². The van der Waals surface area contributed by atoms with Gasteiger partial charge in [0, 0.05) is 33.2 Å². The Hall–Kier alpha value is 0.0700. The first-order valence-corrected chi connectivity index (χ1v) is 15.3. The molecule has 3 aliphatic heterocycles. The smallest absolute Gasteiger partial charge is 0.313 e. The van der Waals surface area contributed by atoms with Crippen LogP contribution in [0.5, 0.6) is 0 Å². The average Bonchev–Trinajstić information content (AvgIpc) is 2.71. The van der Waals surface area contributed by atoms with E-state index in [4.69, 9.17) is 13.6 Å². The van der Waals surface area contributed by atoms with Crippen LogP contribution in [0.2, 0.25) is 0 Å². The topological polar surface area (TPSA) is 98.1 Å². The molecule has 3 N–H and O–H groups in total. The van der Waals surface area contributed by atoms with E-state index < -0.39 is 30.8 Å². The molecule has 0 atom stereocenters. The van der Waals surface area contributed by atoms with Crippen molar-refractivity contribution in [2.75, 3.05) is 6.61 Å². The second-order valence-corrected chi connectivity index (χ2v) is 17.0.